The van der Waals surface area contributed by atoms with Crippen molar-refractivity contribution in [1.82, 2.24) is 9.62 Å². The summed E-state index contributed by atoms with van der Waals surface area (Å²) in [5, 5.41) is 0. The molecule has 0 aliphatic rings. The first-order chi connectivity index (χ1) is 26.5. The van der Waals surface area contributed by atoms with Gasteiger partial charge in [-0.25, -0.2) is 0 Å². The third-order valence-electron chi connectivity index (χ3n) is 11.0. The van der Waals surface area contributed by atoms with E-state index in [2.05, 4.69) is 44.2 Å². The van der Waals surface area contributed by atoms with E-state index in [1.165, 1.54) is 161 Å². The summed E-state index contributed by atoms with van der Waals surface area (Å²) in [5.74, 6) is 1.86. The number of ether oxygens (including phenoxy) is 2. The minimum Gasteiger partial charge on any atom is -0.466 e. The molecule has 0 fully saturated rings. The number of carbonyl (C=O) groups excluding carboxylic acids is 2. The molecule has 0 aromatic carbocycles. The summed E-state index contributed by atoms with van der Waals surface area (Å²) in [6.45, 7) is 16.4. The van der Waals surface area contributed by atoms with Gasteiger partial charge in [0.25, 0.3) is 0 Å². The van der Waals surface area contributed by atoms with Crippen LogP contribution in [-0.4, -0.2) is 61.5 Å². The van der Waals surface area contributed by atoms with Crippen molar-refractivity contribution in [3.63, 3.8) is 0 Å². The highest BCUT2D eigenvalue weighted by Crippen LogP contribution is 2.21. The molecule has 0 amide bonds. The van der Waals surface area contributed by atoms with Crippen molar-refractivity contribution in [3.8, 4) is 0 Å². The Morgan fingerprint density at radius 2 is 0.963 bits per heavy atom. The molecule has 0 spiro atoms. The standard InChI is InChI=1S/C47H94N2O4S/c1-6-11-15-19-25-34-45(35-26-20-16-12-7-2)53-47(51)37-28-22-18-24-30-41-49(42-31-39-48-54-10-5)40-29-23-17-21-27-36-46(50)52-43-38-44(32-13-8-3)33-14-9-4/h44-45,48H,6-43H2,1-5H3. The Kier molecular flexibility index (Phi) is 42.7. The van der Waals surface area contributed by atoms with Gasteiger partial charge in [0.15, 0.2) is 0 Å². The van der Waals surface area contributed by atoms with E-state index in [1.54, 1.807) is 0 Å². The van der Waals surface area contributed by atoms with Crippen LogP contribution in [0.2, 0.25) is 0 Å². The van der Waals surface area contributed by atoms with Gasteiger partial charge in [-0.3, -0.25) is 14.3 Å². The molecular weight excluding hydrogens is 689 g/mol. The Labute approximate surface area is 342 Å². The number of nitrogens with zero attached hydrogens (tertiary/aromatic N) is 1. The lowest BCUT2D eigenvalue weighted by Crippen LogP contribution is -2.29. The molecule has 54 heavy (non-hydrogen) atoms. The first-order valence-electron chi connectivity index (χ1n) is 23.9. The summed E-state index contributed by atoms with van der Waals surface area (Å²) < 4.78 is 15.1. The second kappa shape index (κ2) is 43.3. The fraction of sp³-hybridized carbons (Fsp3) is 0.957. The minimum atomic E-state index is 0.00122. The highest BCUT2D eigenvalue weighted by Gasteiger charge is 2.15. The summed E-state index contributed by atoms with van der Waals surface area (Å²) >= 11 is 1.81. The number of carbonyl (C=O) groups is 2. The molecule has 7 heteroatoms. The van der Waals surface area contributed by atoms with Gasteiger partial charge in [0.2, 0.25) is 0 Å². The third-order valence-corrected chi connectivity index (χ3v) is 11.7. The Bertz CT molecular complexity index is 763. The van der Waals surface area contributed by atoms with Crippen LogP contribution in [-0.2, 0) is 19.1 Å². The number of unbranched alkanes of at least 4 members (excludes halogenated alkanes) is 18. The molecule has 1 N–H and O–H groups in total. The summed E-state index contributed by atoms with van der Waals surface area (Å²) in [6, 6.07) is 0. The van der Waals surface area contributed by atoms with Crippen LogP contribution in [0.5, 0.6) is 0 Å². The van der Waals surface area contributed by atoms with Gasteiger partial charge in [-0.2, -0.15) is 0 Å². The van der Waals surface area contributed by atoms with Crippen LogP contribution in [0.15, 0.2) is 0 Å². The maximum absolute atomic E-state index is 12.7. The van der Waals surface area contributed by atoms with Crippen LogP contribution in [0.3, 0.4) is 0 Å². The van der Waals surface area contributed by atoms with Crippen LogP contribution in [0.1, 0.15) is 240 Å². The predicted molar refractivity (Wildman–Crippen MR) is 237 cm³/mol. The molecule has 0 saturated heterocycles. The Morgan fingerprint density at radius 3 is 1.50 bits per heavy atom. The SMILES string of the molecule is CCCCCCCC(CCCCCCC)OC(=O)CCCCCCCN(CCCCCCCC(=O)OCCC(CCCC)CCCC)CCCNSCC. The van der Waals surface area contributed by atoms with Crippen molar-refractivity contribution < 1.29 is 19.1 Å². The van der Waals surface area contributed by atoms with Gasteiger partial charge in [-0.05, 0) is 89.8 Å². The van der Waals surface area contributed by atoms with Crippen molar-refractivity contribution in [1.29, 1.82) is 0 Å². The van der Waals surface area contributed by atoms with Gasteiger partial charge >= 0.3 is 11.9 Å². The van der Waals surface area contributed by atoms with Crippen molar-refractivity contribution in [2.45, 2.75) is 246 Å². The number of esters is 2. The lowest BCUT2D eigenvalue weighted by Gasteiger charge is -2.22. The smallest absolute Gasteiger partial charge is 0.306 e. The molecule has 0 radical (unpaired) electrons. The van der Waals surface area contributed by atoms with Gasteiger partial charge < -0.3 is 14.4 Å². The van der Waals surface area contributed by atoms with Gasteiger partial charge in [0.05, 0.1) is 6.61 Å². The average Bonchev–Trinajstić information content (AvgIpc) is 3.17. The van der Waals surface area contributed by atoms with Crippen LogP contribution in [0.4, 0.5) is 0 Å². The maximum atomic E-state index is 12.7. The van der Waals surface area contributed by atoms with Crippen molar-refractivity contribution in [2.24, 2.45) is 5.92 Å². The van der Waals surface area contributed by atoms with Gasteiger partial charge in [0, 0.05) is 25.1 Å². The van der Waals surface area contributed by atoms with Crippen molar-refractivity contribution >= 4 is 23.9 Å². The van der Waals surface area contributed by atoms with Gasteiger partial charge in [-0.1, -0.05) is 175 Å². The van der Waals surface area contributed by atoms with E-state index in [1.807, 2.05) is 11.9 Å². The van der Waals surface area contributed by atoms with E-state index in [-0.39, 0.29) is 18.0 Å². The Balaban J connectivity index is 4.28. The van der Waals surface area contributed by atoms with Gasteiger partial charge in [0.1, 0.15) is 6.10 Å². The molecule has 0 atom stereocenters. The maximum Gasteiger partial charge on any atom is 0.306 e. The molecule has 0 bridgehead atoms. The van der Waals surface area contributed by atoms with Crippen LogP contribution < -0.4 is 4.72 Å². The normalized spacial score (nSPS) is 11.7. The molecular formula is C47H94N2O4S. The second-order valence-electron chi connectivity index (χ2n) is 16.2. The topological polar surface area (TPSA) is 67.9 Å². The lowest BCUT2D eigenvalue weighted by atomic mass is 9.93. The van der Waals surface area contributed by atoms with E-state index < -0.39 is 0 Å². The van der Waals surface area contributed by atoms with Gasteiger partial charge in [-0.15, -0.1) is 0 Å². The summed E-state index contributed by atoms with van der Waals surface area (Å²) in [6.07, 6.45) is 37.4. The van der Waals surface area contributed by atoms with E-state index in [0.717, 1.165) is 63.8 Å². The number of nitrogens with one attached hydrogen (secondary N) is 1. The molecule has 0 saturated carbocycles. The largest absolute Gasteiger partial charge is 0.466 e. The Morgan fingerprint density at radius 1 is 0.500 bits per heavy atom. The van der Waals surface area contributed by atoms with E-state index in [9.17, 15) is 9.59 Å². The number of hydrogen-bond acceptors (Lipinski definition) is 7. The molecule has 0 unspecified atom stereocenters. The highest BCUT2D eigenvalue weighted by molar-refractivity contribution is 7.97. The first-order valence-corrected chi connectivity index (χ1v) is 24.9. The van der Waals surface area contributed by atoms with E-state index in [0.29, 0.717) is 25.4 Å². The molecule has 6 nitrogen and oxygen atoms in total. The summed E-state index contributed by atoms with van der Waals surface area (Å²) in [4.78, 5) is 27.7. The van der Waals surface area contributed by atoms with E-state index >= 15 is 0 Å². The van der Waals surface area contributed by atoms with E-state index in [4.69, 9.17) is 9.47 Å². The molecule has 0 aromatic rings. The average molecular weight is 783 g/mol. The highest BCUT2D eigenvalue weighted by atomic mass is 32.2. The predicted octanol–water partition coefficient (Wildman–Crippen LogP) is 14.2. The first kappa shape index (κ1) is 53.2. The fourth-order valence-corrected chi connectivity index (χ4v) is 7.94. The number of rotatable bonds is 44. The van der Waals surface area contributed by atoms with Crippen molar-refractivity contribution in [2.75, 3.05) is 38.5 Å². The molecule has 0 aliphatic heterocycles. The lowest BCUT2D eigenvalue weighted by molar-refractivity contribution is -0.150. The molecule has 0 rings (SSSR count). The molecule has 0 aromatic heterocycles. The zero-order valence-electron chi connectivity index (χ0n) is 37.0. The monoisotopic (exact) mass is 783 g/mol. The zero-order chi connectivity index (χ0) is 39.6. The van der Waals surface area contributed by atoms with Crippen molar-refractivity contribution in [3.05, 3.63) is 0 Å². The zero-order valence-corrected chi connectivity index (χ0v) is 37.8. The third kappa shape index (κ3) is 38.1. The quantitative estimate of drug-likeness (QED) is 0.0375. The van der Waals surface area contributed by atoms with Crippen LogP contribution in [0, 0.1) is 5.92 Å². The summed E-state index contributed by atoms with van der Waals surface area (Å²) in [5.41, 5.74) is 0. The number of hydrogen-bond donors (Lipinski definition) is 1. The fourth-order valence-electron chi connectivity index (χ4n) is 7.44. The minimum absolute atomic E-state index is 0.00122. The summed E-state index contributed by atoms with van der Waals surface area (Å²) in [7, 11) is 0. The molecule has 0 aliphatic carbocycles. The second-order valence-corrected chi connectivity index (χ2v) is 17.4. The Hall–Kier alpha value is -0.790. The molecule has 322 valence electrons. The molecule has 0 heterocycles. The van der Waals surface area contributed by atoms with Crippen LogP contribution >= 0.6 is 11.9 Å². The van der Waals surface area contributed by atoms with Crippen LogP contribution in [0.25, 0.3) is 0 Å².